The van der Waals surface area contributed by atoms with Crippen LogP contribution in [0.3, 0.4) is 0 Å². The number of ether oxygens (including phenoxy) is 1. The number of nitrogens with one attached hydrogen (secondary N) is 2. The molecule has 1 aliphatic rings. The average molecular weight is 332 g/mol. The second-order valence-electron chi connectivity index (χ2n) is 6.47. The predicted octanol–water partition coefficient (Wildman–Crippen LogP) is 2.41. The van der Waals surface area contributed by atoms with Gasteiger partial charge >= 0.3 is 0 Å². The van der Waals surface area contributed by atoms with E-state index < -0.39 is 0 Å². The first-order valence-corrected chi connectivity index (χ1v) is 8.48. The maximum absolute atomic E-state index is 13.1. The lowest BCUT2D eigenvalue weighted by Crippen LogP contribution is -2.47. The molecular weight excluding hydrogens is 307 g/mol. The molecule has 0 bridgehead atoms. The van der Waals surface area contributed by atoms with E-state index in [1.165, 1.54) is 12.1 Å². The molecule has 0 spiro atoms. The molecule has 130 valence electrons. The van der Waals surface area contributed by atoms with Crippen molar-refractivity contribution in [2.75, 3.05) is 26.2 Å². The van der Waals surface area contributed by atoms with Gasteiger partial charge in [-0.25, -0.2) is 4.39 Å². The van der Waals surface area contributed by atoms with Gasteiger partial charge in [0.15, 0.2) is 0 Å². The monoisotopic (exact) mass is 332 g/mol. The topological polar surface area (TPSA) is 53.2 Å². The lowest BCUT2D eigenvalue weighted by atomic mass is 10.1. The first kappa shape index (κ1) is 17.1. The minimum absolute atomic E-state index is 0.230. The number of hydrogen-bond acceptors (Lipinski definition) is 4. The van der Waals surface area contributed by atoms with Crippen LogP contribution < -0.4 is 5.32 Å². The molecule has 1 aromatic carbocycles. The molecule has 1 fully saturated rings. The van der Waals surface area contributed by atoms with E-state index in [-0.39, 0.29) is 5.82 Å². The summed E-state index contributed by atoms with van der Waals surface area (Å²) >= 11 is 0. The molecule has 2 heterocycles. The average Bonchev–Trinajstić information content (AvgIpc) is 3.00. The highest BCUT2D eigenvalue weighted by Crippen LogP contribution is 2.21. The SMILES string of the molecule is CC1CN(CCNCc2cn[nH]c2-c2ccc(F)cc2)CC(C)O1. The summed E-state index contributed by atoms with van der Waals surface area (Å²) in [6, 6.07) is 6.47. The second-order valence-corrected chi connectivity index (χ2v) is 6.47. The van der Waals surface area contributed by atoms with E-state index >= 15 is 0 Å². The molecule has 0 saturated carbocycles. The van der Waals surface area contributed by atoms with Crippen molar-refractivity contribution in [2.24, 2.45) is 0 Å². The Morgan fingerprint density at radius 1 is 1.25 bits per heavy atom. The Morgan fingerprint density at radius 2 is 1.96 bits per heavy atom. The molecule has 1 aromatic heterocycles. The number of rotatable bonds is 6. The summed E-state index contributed by atoms with van der Waals surface area (Å²) in [4.78, 5) is 2.43. The van der Waals surface area contributed by atoms with Crippen molar-refractivity contribution in [1.82, 2.24) is 20.4 Å². The molecule has 1 saturated heterocycles. The summed E-state index contributed by atoms with van der Waals surface area (Å²) in [6.45, 7) is 8.86. The number of halogens is 1. The Hall–Kier alpha value is -1.76. The third-order valence-corrected chi connectivity index (χ3v) is 4.27. The van der Waals surface area contributed by atoms with Crippen LogP contribution >= 0.6 is 0 Å². The second kappa shape index (κ2) is 7.88. The highest BCUT2D eigenvalue weighted by atomic mass is 19.1. The Labute approximate surface area is 142 Å². The lowest BCUT2D eigenvalue weighted by Gasteiger charge is -2.35. The van der Waals surface area contributed by atoms with Gasteiger partial charge in [-0.2, -0.15) is 5.10 Å². The molecule has 2 unspecified atom stereocenters. The Bertz CT molecular complexity index is 633. The standard InChI is InChI=1S/C18H25FN4O/c1-13-11-23(12-14(2)24-13)8-7-20-9-16-10-21-22-18(16)15-3-5-17(19)6-4-15/h3-6,10,13-14,20H,7-9,11-12H2,1-2H3,(H,21,22). The molecule has 2 aromatic rings. The highest BCUT2D eigenvalue weighted by molar-refractivity contribution is 5.62. The van der Waals surface area contributed by atoms with Crippen LogP contribution in [0.15, 0.2) is 30.5 Å². The van der Waals surface area contributed by atoms with Crippen molar-refractivity contribution in [3.05, 3.63) is 41.8 Å². The van der Waals surface area contributed by atoms with E-state index in [0.29, 0.717) is 12.2 Å². The van der Waals surface area contributed by atoms with Crippen molar-refractivity contribution in [3.63, 3.8) is 0 Å². The number of H-pyrrole nitrogens is 1. The maximum atomic E-state index is 13.1. The van der Waals surface area contributed by atoms with Gasteiger partial charge in [-0.3, -0.25) is 10.00 Å². The Kier molecular flexibility index (Phi) is 5.60. The molecular formula is C18H25FN4O. The summed E-state index contributed by atoms with van der Waals surface area (Å²) in [5, 5.41) is 10.6. The fourth-order valence-electron chi connectivity index (χ4n) is 3.24. The molecule has 6 heteroatoms. The number of hydrogen-bond donors (Lipinski definition) is 2. The quantitative estimate of drug-likeness (QED) is 0.798. The number of benzene rings is 1. The van der Waals surface area contributed by atoms with Gasteiger partial charge in [0.2, 0.25) is 0 Å². The van der Waals surface area contributed by atoms with Crippen LogP contribution in [0.4, 0.5) is 4.39 Å². The zero-order chi connectivity index (χ0) is 16.9. The Balaban J connectivity index is 1.49. The van der Waals surface area contributed by atoms with Crippen LogP contribution in [0.5, 0.6) is 0 Å². The Morgan fingerprint density at radius 3 is 2.67 bits per heavy atom. The van der Waals surface area contributed by atoms with Crippen molar-refractivity contribution in [1.29, 1.82) is 0 Å². The van der Waals surface area contributed by atoms with E-state index in [1.807, 2.05) is 6.20 Å². The molecule has 0 amide bonds. The van der Waals surface area contributed by atoms with Crippen molar-refractivity contribution >= 4 is 0 Å². The van der Waals surface area contributed by atoms with Gasteiger partial charge in [0.1, 0.15) is 5.82 Å². The van der Waals surface area contributed by atoms with Crippen molar-refractivity contribution < 1.29 is 9.13 Å². The largest absolute Gasteiger partial charge is 0.373 e. The minimum atomic E-state index is -0.230. The third kappa shape index (κ3) is 4.41. The molecule has 2 atom stereocenters. The van der Waals surface area contributed by atoms with Gasteiger partial charge in [0, 0.05) is 43.9 Å². The molecule has 5 nitrogen and oxygen atoms in total. The number of morpholine rings is 1. The molecule has 0 radical (unpaired) electrons. The fraction of sp³-hybridized carbons (Fsp3) is 0.500. The van der Waals surface area contributed by atoms with Gasteiger partial charge in [-0.15, -0.1) is 0 Å². The summed E-state index contributed by atoms with van der Waals surface area (Å²) in [7, 11) is 0. The number of aromatic nitrogens is 2. The van der Waals surface area contributed by atoms with Crippen molar-refractivity contribution in [3.8, 4) is 11.3 Å². The first-order chi connectivity index (χ1) is 11.6. The van der Waals surface area contributed by atoms with Crippen LogP contribution in [0.25, 0.3) is 11.3 Å². The number of aromatic amines is 1. The van der Waals surface area contributed by atoms with Crippen LogP contribution in [0.1, 0.15) is 19.4 Å². The third-order valence-electron chi connectivity index (χ3n) is 4.27. The summed E-state index contributed by atoms with van der Waals surface area (Å²) in [5.74, 6) is -0.230. The molecule has 1 aliphatic heterocycles. The van der Waals surface area contributed by atoms with Gasteiger partial charge in [0.25, 0.3) is 0 Å². The van der Waals surface area contributed by atoms with E-state index in [0.717, 1.165) is 49.5 Å². The minimum Gasteiger partial charge on any atom is -0.373 e. The maximum Gasteiger partial charge on any atom is 0.123 e. The normalized spacial score (nSPS) is 22.0. The summed E-state index contributed by atoms with van der Waals surface area (Å²) < 4.78 is 18.8. The van der Waals surface area contributed by atoms with E-state index in [4.69, 9.17) is 4.74 Å². The van der Waals surface area contributed by atoms with Crippen LogP contribution in [0, 0.1) is 5.82 Å². The van der Waals surface area contributed by atoms with E-state index in [2.05, 4.69) is 34.3 Å². The number of nitrogens with zero attached hydrogens (tertiary/aromatic N) is 2. The highest BCUT2D eigenvalue weighted by Gasteiger charge is 2.21. The van der Waals surface area contributed by atoms with Gasteiger partial charge in [0.05, 0.1) is 24.1 Å². The van der Waals surface area contributed by atoms with Crippen LogP contribution in [-0.2, 0) is 11.3 Å². The van der Waals surface area contributed by atoms with E-state index in [9.17, 15) is 4.39 Å². The van der Waals surface area contributed by atoms with Gasteiger partial charge < -0.3 is 10.1 Å². The molecule has 24 heavy (non-hydrogen) atoms. The zero-order valence-electron chi connectivity index (χ0n) is 14.3. The van der Waals surface area contributed by atoms with Crippen molar-refractivity contribution in [2.45, 2.75) is 32.6 Å². The fourth-order valence-corrected chi connectivity index (χ4v) is 3.24. The van der Waals surface area contributed by atoms with E-state index in [1.54, 1.807) is 12.1 Å². The van der Waals surface area contributed by atoms with Crippen LogP contribution in [-0.4, -0.2) is 53.5 Å². The molecule has 0 aliphatic carbocycles. The lowest BCUT2D eigenvalue weighted by molar-refractivity contribution is -0.0674. The van der Waals surface area contributed by atoms with Crippen LogP contribution in [0.2, 0.25) is 0 Å². The van der Waals surface area contributed by atoms with Gasteiger partial charge in [-0.1, -0.05) is 0 Å². The molecule has 3 rings (SSSR count). The summed E-state index contributed by atoms with van der Waals surface area (Å²) in [5.41, 5.74) is 2.97. The zero-order valence-corrected chi connectivity index (χ0v) is 14.3. The predicted molar refractivity (Wildman–Crippen MR) is 92.1 cm³/mol. The first-order valence-electron chi connectivity index (χ1n) is 8.48. The molecule has 2 N–H and O–H groups in total. The summed E-state index contributed by atoms with van der Waals surface area (Å²) in [6.07, 6.45) is 2.42. The van der Waals surface area contributed by atoms with Gasteiger partial charge in [-0.05, 0) is 38.1 Å². The smallest absolute Gasteiger partial charge is 0.123 e.